The summed E-state index contributed by atoms with van der Waals surface area (Å²) in [6, 6.07) is -0.140. The standard InChI is InChI=1S/C14H26N2O4S/c1-15(13-6-8-21(19,20)11-13)14(18)9-16-7-4-2-3-5-12(16)10-17/h12-13,17H,2-11H2,1H3. The van der Waals surface area contributed by atoms with Gasteiger partial charge in [0, 0.05) is 19.1 Å². The van der Waals surface area contributed by atoms with Crippen molar-refractivity contribution in [2.45, 2.75) is 44.2 Å². The van der Waals surface area contributed by atoms with Gasteiger partial charge in [-0.25, -0.2) is 8.42 Å². The lowest BCUT2D eigenvalue weighted by atomic mass is 10.1. The second-order valence-corrected chi connectivity index (χ2v) is 8.45. The van der Waals surface area contributed by atoms with Crippen molar-refractivity contribution in [1.29, 1.82) is 0 Å². The van der Waals surface area contributed by atoms with Crippen molar-refractivity contribution in [2.24, 2.45) is 0 Å². The highest BCUT2D eigenvalue weighted by atomic mass is 32.2. The minimum Gasteiger partial charge on any atom is -0.395 e. The fourth-order valence-electron chi connectivity index (χ4n) is 3.22. The van der Waals surface area contributed by atoms with E-state index in [2.05, 4.69) is 4.90 Å². The highest BCUT2D eigenvalue weighted by Gasteiger charge is 2.33. The number of amides is 1. The molecule has 1 N–H and O–H groups in total. The molecule has 2 heterocycles. The summed E-state index contributed by atoms with van der Waals surface area (Å²) >= 11 is 0. The second-order valence-electron chi connectivity index (χ2n) is 6.22. The van der Waals surface area contributed by atoms with Gasteiger partial charge in [0.15, 0.2) is 9.84 Å². The summed E-state index contributed by atoms with van der Waals surface area (Å²) in [7, 11) is -1.28. The molecule has 0 saturated carbocycles. The fourth-order valence-corrected chi connectivity index (χ4v) is 5.00. The Morgan fingerprint density at radius 3 is 2.67 bits per heavy atom. The Balaban J connectivity index is 1.93. The molecule has 122 valence electrons. The average Bonchev–Trinajstić information content (AvgIpc) is 2.67. The van der Waals surface area contributed by atoms with E-state index in [1.165, 1.54) is 0 Å². The number of rotatable bonds is 4. The summed E-state index contributed by atoms with van der Waals surface area (Å²) in [4.78, 5) is 16.0. The quantitative estimate of drug-likeness (QED) is 0.781. The van der Waals surface area contributed by atoms with Crippen molar-refractivity contribution in [3.8, 4) is 0 Å². The first-order valence-electron chi connectivity index (χ1n) is 7.74. The molecule has 2 rings (SSSR count). The van der Waals surface area contributed by atoms with Crippen molar-refractivity contribution in [1.82, 2.24) is 9.80 Å². The van der Waals surface area contributed by atoms with Crippen LogP contribution in [0.5, 0.6) is 0 Å². The maximum Gasteiger partial charge on any atom is 0.236 e. The van der Waals surface area contributed by atoms with E-state index in [9.17, 15) is 18.3 Å². The SMILES string of the molecule is CN(C(=O)CN1CCCCCC1CO)C1CCS(=O)(=O)C1. The maximum atomic E-state index is 12.4. The summed E-state index contributed by atoms with van der Waals surface area (Å²) in [6.45, 7) is 1.18. The molecule has 2 atom stereocenters. The molecule has 7 heteroatoms. The summed E-state index contributed by atoms with van der Waals surface area (Å²) in [5, 5.41) is 9.47. The van der Waals surface area contributed by atoms with Crippen LogP contribution < -0.4 is 0 Å². The van der Waals surface area contributed by atoms with Gasteiger partial charge in [-0.05, 0) is 25.8 Å². The molecule has 2 fully saturated rings. The number of aliphatic hydroxyl groups is 1. The minimum absolute atomic E-state index is 0.0440. The molecule has 0 aromatic rings. The van der Waals surface area contributed by atoms with E-state index in [0.29, 0.717) is 6.42 Å². The molecule has 0 aromatic carbocycles. The lowest BCUT2D eigenvalue weighted by Crippen LogP contribution is -2.47. The zero-order valence-electron chi connectivity index (χ0n) is 12.7. The maximum absolute atomic E-state index is 12.4. The molecule has 2 saturated heterocycles. The molecule has 0 aliphatic carbocycles. The topological polar surface area (TPSA) is 77.9 Å². The number of carbonyl (C=O) groups is 1. The Labute approximate surface area is 127 Å². The summed E-state index contributed by atoms with van der Waals surface area (Å²) < 4.78 is 23.0. The lowest BCUT2D eigenvalue weighted by Gasteiger charge is -2.31. The summed E-state index contributed by atoms with van der Waals surface area (Å²) in [6.07, 6.45) is 4.73. The molecule has 0 radical (unpaired) electrons. The van der Waals surface area contributed by atoms with Gasteiger partial charge >= 0.3 is 0 Å². The van der Waals surface area contributed by atoms with Crippen LogP contribution in [0.1, 0.15) is 32.1 Å². The molecular formula is C14H26N2O4S. The van der Waals surface area contributed by atoms with E-state index < -0.39 is 9.84 Å². The third-order valence-electron chi connectivity index (χ3n) is 4.70. The lowest BCUT2D eigenvalue weighted by molar-refractivity contribution is -0.133. The van der Waals surface area contributed by atoms with E-state index in [-0.39, 0.29) is 42.6 Å². The molecule has 0 bridgehead atoms. The molecule has 2 unspecified atom stereocenters. The average molecular weight is 318 g/mol. The van der Waals surface area contributed by atoms with Crippen LogP contribution in [0.15, 0.2) is 0 Å². The summed E-state index contributed by atoms with van der Waals surface area (Å²) in [5.41, 5.74) is 0. The third kappa shape index (κ3) is 4.40. The van der Waals surface area contributed by atoms with Crippen molar-refractivity contribution in [3.05, 3.63) is 0 Å². The molecule has 1 amide bonds. The second kappa shape index (κ2) is 7.07. The van der Waals surface area contributed by atoms with Gasteiger partial charge < -0.3 is 10.0 Å². The molecule has 2 aliphatic heterocycles. The zero-order valence-corrected chi connectivity index (χ0v) is 13.5. The van der Waals surface area contributed by atoms with E-state index in [4.69, 9.17) is 0 Å². The highest BCUT2D eigenvalue weighted by molar-refractivity contribution is 7.91. The Hall–Kier alpha value is -0.660. The van der Waals surface area contributed by atoms with E-state index >= 15 is 0 Å². The highest BCUT2D eigenvalue weighted by Crippen LogP contribution is 2.19. The molecule has 21 heavy (non-hydrogen) atoms. The van der Waals surface area contributed by atoms with Crippen LogP contribution in [-0.2, 0) is 14.6 Å². The van der Waals surface area contributed by atoms with Gasteiger partial charge in [0.05, 0.1) is 24.7 Å². The predicted octanol–water partition coefficient (Wildman–Crippen LogP) is -0.131. The molecular weight excluding hydrogens is 292 g/mol. The van der Waals surface area contributed by atoms with Crippen LogP contribution in [0.4, 0.5) is 0 Å². The molecule has 6 nitrogen and oxygen atoms in total. The van der Waals surface area contributed by atoms with Crippen LogP contribution in [0, 0.1) is 0 Å². The van der Waals surface area contributed by atoms with Crippen LogP contribution in [-0.4, -0.2) is 79.6 Å². The van der Waals surface area contributed by atoms with Gasteiger partial charge in [-0.2, -0.15) is 0 Å². The number of carbonyl (C=O) groups excluding carboxylic acids is 1. The van der Waals surface area contributed by atoms with Gasteiger partial charge in [0.1, 0.15) is 0 Å². The normalized spacial score (nSPS) is 30.0. The zero-order chi connectivity index (χ0) is 15.5. The number of hydrogen-bond donors (Lipinski definition) is 1. The van der Waals surface area contributed by atoms with Crippen molar-refractivity contribution < 1.29 is 18.3 Å². The Morgan fingerprint density at radius 2 is 2.05 bits per heavy atom. The Morgan fingerprint density at radius 1 is 1.29 bits per heavy atom. The first kappa shape index (κ1) is 16.7. The van der Waals surface area contributed by atoms with Gasteiger partial charge in [-0.15, -0.1) is 0 Å². The van der Waals surface area contributed by atoms with Gasteiger partial charge in [-0.1, -0.05) is 12.8 Å². The molecule has 0 spiro atoms. The first-order chi connectivity index (χ1) is 9.93. The van der Waals surface area contributed by atoms with Crippen LogP contribution >= 0.6 is 0 Å². The number of hydrogen-bond acceptors (Lipinski definition) is 5. The number of likely N-dealkylation sites (tertiary alicyclic amines) is 1. The van der Waals surface area contributed by atoms with Gasteiger partial charge in [0.25, 0.3) is 0 Å². The predicted molar refractivity (Wildman–Crippen MR) is 80.7 cm³/mol. The Kier molecular flexibility index (Phi) is 5.62. The number of sulfone groups is 1. The fraction of sp³-hybridized carbons (Fsp3) is 0.929. The van der Waals surface area contributed by atoms with Gasteiger partial charge in [0.2, 0.25) is 5.91 Å². The summed E-state index contributed by atoms with van der Waals surface area (Å²) in [5.74, 6) is 0.217. The third-order valence-corrected chi connectivity index (χ3v) is 6.45. The number of likely N-dealkylation sites (N-methyl/N-ethyl adjacent to an activating group) is 1. The smallest absolute Gasteiger partial charge is 0.236 e. The largest absolute Gasteiger partial charge is 0.395 e. The molecule has 2 aliphatic rings. The minimum atomic E-state index is -2.98. The van der Waals surface area contributed by atoms with E-state index in [1.54, 1.807) is 11.9 Å². The molecule has 0 aromatic heterocycles. The van der Waals surface area contributed by atoms with Crippen LogP contribution in [0.25, 0.3) is 0 Å². The van der Waals surface area contributed by atoms with E-state index in [0.717, 1.165) is 32.2 Å². The van der Waals surface area contributed by atoms with E-state index in [1.807, 2.05) is 0 Å². The first-order valence-corrected chi connectivity index (χ1v) is 9.56. The number of nitrogens with zero attached hydrogens (tertiary/aromatic N) is 2. The Bertz CT molecular complexity index is 466. The number of aliphatic hydroxyl groups excluding tert-OH is 1. The monoisotopic (exact) mass is 318 g/mol. The van der Waals surface area contributed by atoms with Crippen LogP contribution in [0.2, 0.25) is 0 Å². The van der Waals surface area contributed by atoms with Crippen molar-refractivity contribution in [2.75, 3.05) is 38.2 Å². The van der Waals surface area contributed by atoms with Crippen molar-refractivity contribution >= 4 is 15.7 Å². The van der Waals surface area contributed by atoms with Gasteiger partial charge in [-0.3, -0.25) is 9.69 Å². The van der Waals surface area contributed by atoms with Crippen molar-refractivity contribution in [3.63, 3.8) is 0 Å². The van der Waals surface area contributed by atoms with Crippen LogP contribution in [0.3, 0.4) is 0 Å².